The molecule has 0 saturated carbocycles. The number of hydrazone groups is 1. The molecule has 3 rings (SSSR count). The quantitative estimate of drug-likeness (QED) is 0.652. The number of thiazole rings is 1. The lowest BCUT2D eigenvalue weighted by atomic mass is 9.99. The maximum absolute atomic E-state index is 5.58. The molecule has 0 spiro atoms. The topological polar surface area (TPSA) is 66.5 Å². The summed E-state index contributed by atoms with van der Waals surface area (Å²) in [7, 11) is 0. The Morgan fingerprint density at radius 3 is 3.22 bits per heavy atom. The summed E-state index contributed by atoms with van der Waals surface area (Å²) in [6.07, 6.45) is 4.49. The molecule has 3 N–H and O–H groups in total. The van der Waals surface area contributed by atoms with Gasteiger partial charge in [0.2, 0.25) is 5.13 Å². The lowest BCUT2D eigenvalue weighted by Gasteiger charge is -2.30. The van der Waals surface area contributed by atoms with Gasteiger partial charge in [0.1, 0.15) is 5.82 Å². The Morgan fingerprint density at radius 1 is 1.52 bits per heavy atom. The summed E-state index contributed by atoms with van der Waals surface area (Å²) in [4.78, 5) is 6.65. The van der Waals surface area contributed by atoms with Gasteiger partial charge in [0, 0.05) is 18.5 Å². The van der Waals surface area contributed by atoms with E-state index in [2.05, 4.69) is 51.6 Å². The van der Waals surface area contributed by atoms with Gasteiger partial charge >= 0.3 is 0 Å². The number of hydrogen-bond acceptors (Lipinski definition) is 6. The number of nitrogens with zero attached hydrogens (tertiary/aromatic N) is 3. The average molecular weight is 329 g/mol. The molecule has 1 unspecified atom stereocenters. The Labute approximate surface area is 141 Å². The van der Waals surface area contributed by atoms with Crippen LogP contribution in [0.2, 0.25) is 0 Å². The Balaban J connectivity index is 1.58. The molecule has 2 aromatic rings. The van der Waals surface area contributed by atoms with Gasteiger partial charge < -0.3 is 5.73 Å². The summed E-state index contributed by atoms with van der Waals surface area (Å²) in [5.74, 6) is 1.33. The fraction of sp³-hybridized carbons (Fsp3) is 0.412. The Kier molecular flexibility index (Phi) is 5.25. The number of rotatable bonds is 5. The van der Waals surface area contributed by atoms with E-state index in [-0.39, 0.29) is 0 Å². The standard InChI is InChI=1S/C17H23N5S/c1-13-4-3-7-22(10-13)11-15-6-2-5-14(8-15)9-19-21-17-20-16(18)12-23-17/h2,5-6,8-9,12-13H,3-4,7,10-11,18H2,1H3,(H,20,21). The van der Waals surface area contributed by atoms with E-state index in [1.165, 1.54) is 42.8 Å². The molecule has 122 valence electrons. The van der Waals surface area contributed by atoms with Crippen molar-refractivity contribution in [1.82, 2.24) is 9.88 Å². The van der Waals surface area contributed by atoms with Crippen molar-refractivity contribution < 1.29 is 0 Å². The normalized spacial score (nSPS) is 19.3. The van der Waals surface area contributed by atoms with Crippen molar-refractivity contribution in [2.24, 2.45) is 11.0 Å². The predicted molar refractivity (Wildman–Crippen MR) is 97.9 cm³/mol. The number of hydrogen-bond donors (Lipinski definition) is 2. The van der Waals surface area contributed by atoms with Gasteiger partial charge in [-0.15, -0.1) is 11.3 Å². The lowest BCUT2D eigenvalue weighted by molar-refractivity contribution is 0.176. The van der Waals surface area contributed by atoms with Gasteiger partial charge in [-0.1, -0.05) is 25.1 Å². The van der Waals surface area contributed by atoms with Crippen LogP contribution in [0.4, 0.5) is 10.9 Å². The molecule has 0 amide bonds. The molecule has 1 aromatic heterocycles. The molecule has 0 aliphatic carbocycles. The van der Waals surface area contributed by atoms with Crippen LogP contribution < -0.4 is 11.2 Å². The van der Waals surface area contributed by atoms with Crippen molar-refractivity contribution >= 4 is 28.5 Å². The molecule has 1 fully saturated rings. The number of piperidine rings is 1. The summed E-state index contributed by atoms with van der Waals surface area (Å²) in [6.45, 7) is 5.76. The molecule has 1 aliphatic rings. The Bertz CT molecular complexity index is 667. The molecule has 0 bridgehead atoms. The monoisotopic (exact) mass is 329 g/mol. The second kappa shape index (κ2) is 7.57. The minimum absolute atomic E-state index is 0.519. The molecule has 1 aliphatic heterocycles. The highest BCUT2D eigenvalue weighted by Gasteiger charge is 2.16. The van der Waals surface area contributed by atoms with Gasteiger partial charge in [-0.3, -0.25) is 10.3 Å². The van der Waals surface area contributed by atoms with Crippen LogP contribution in [0.1, 0.15) is 30.9 Å². The number of nitrogens with two attached hydrogens (primary N) is 1. The van der Waals surface area contributed by atoms with Gasteiger partial charge in [0.05, 0.1) is 6.21 Å². The number of likely N-dealkylation sites (tertiary alicyclic amines) is 1. The third kappa shape index (κ3) is 4.77. The lowest BCUT2D eigenvalue weighted by Crippen LogP contribution is -2.33. The zero-order valence-electron chi connectivity index (χ0n) is 13.4. The first-order chi connectivity index (χ1) is 11.2. The van der Waals surface area contributed by atoms with E-state index in [1.54, 1.807) is 5.38 Å². The summed E-state index contributed by atoms with van der Waals surface area (Å²) in [6, 6.07) is 8.53. The smallest absolute Gasteiger partial charge is 0.205 e. The number of anilines is 2. The summed E-state index contributed by atoms with van der Waals surface area (Å²) in [5.41, 5.74) is 10.9. The van der Waals surface area contributed by atoms with Gasteiger partial charge in [-0.25, -0.2) is 4.98 Å². The van der Waals surface area contributed by atoms with Crippen LogP contribution in [-0.2, 0) is 6.54 Å². The molecule has 1 saturated heterocycles. The fourth-order valence-electron chi connectivity index (χ4n) is 2.96. The van der Waals surface area contributed by atoms with E-state index in [0.29, 0.717) is 10.9 Å². The highest BCUT2D eigenvalue weighted by Crippen LogP contribution is 2.18. The summed E-state index contributed by atoms with van der Waals surface area (Å²) in [5, 5.41) is 6.72. The van der Waals surface area contributed by atoms with Gasteiger partial charge in [-0.05, 0) is 42.5 Å². The van der Waals surface area contributed by atoms with Crippen LogP contribution in [0, 0.1) is 5.92 Å². The van der Waals surface area contributed by atoms with E-state index in [9.17, 15) is 0 Å². The van der Waals surface area contributed by atoms with Crippen LogP contribution in [0.25, 0.3) is 0 Å². The van der Waals surface area contributed by atoms with Gasteiger partial charge in [0.15, 0.2) is 0 Å². The first-order valence-corrected chi connectivity index (χ1v) is 8.88. The summed E-state index contributed by atoms with van der Waals surface area (Å²) >= 11 is 1.44. The van der Waals surface area contributed by atoms with Crippen LogP contribution in [0.5, 0.6) is 0 Å². The zero-order valence-corrected chi connectivity index (χ0v) is 14.2. The van der Waals surface area contributed by atoms with Crippen LogP contribution in [-0.4, -0.2) is 29.2 Å². The molecule has 2 heterocycles. The van der Waals surface area contributed by atoms with Crippen molar-refractivity contribution in [2.75, 3.05) is 24.2 Å². The highest BCUT2D eigenvalue weighted by atomic mass is 32.1. The second-order valence-electron chi connectivity index (χ2n) is 6.18. The number of benzene rings is 1. The molecule has 23 heavy (non-hydrogen) atoms. The zero-order chi connectivity index (χ0) is 16.1. The van der Waals surface area contributed by atoms with Crippen molar-refractivity contribution in [3.05, 3.63) is 40.8 Å². The number of nitrogen functional groups attached to an aromatic ring is 1. The van der Waals surface area contributed by atoms with Crippen LogP contribution in [0.3, 0.4) is 0 Å². The first-order valence-electron chi connectivity index (χ1n) is 8.00. The fourth-order valence-corrected chi connectivity index (χ4v) is 3.51. The minimum Gasteiger partial charge on any atom is -0.383 e. The SMILES string of the molecule is CC1CCCN(Cc2cccc(C=NNc3nc(N)cs3)c2)C1. The third-order valence-electron chi connectivity index (χ3n) is 3.99. The van der Waals surface area contributed by atoms with Crippen LogP contribution >= 0.6 is 11.3 Å². The molecule has 6 heteroatoms. The molecular weight excluding hydrogens is 306 g/mol. The van der Waals surface area contributed by atoms with Crippen LogP contribution in [0.15, 0.2) is 34.7 Å². The summed E-state index contributed by atoms with van der Waals surface area (Å²) < 4.78 is 0. The maximum atomic E-state index is 5.58. The predicted octanol–water partition coefficient (Wildman–Crippen LogP) is 3.40. The highest BCUT2D eigenvalue weighted by molar-refractivity contribution is 7.14. The molecule has 5 nitrogen and oxygen atoms in total. The van der Waals surface area contributed by atoms with Crippen molar-refractivity contribution in [1.29, 1.82) is 0 Å². The largest absolute Gasteiger partial charge is 0.383 e. The molecule has 1 atom stereocenters. The minimum atomic E-state index is 0.519. The number of nitrogens with one attached hydrogen (secondary N) is 1. The number of aromatic nitrogens is 1. The van der Waals surface area contributed by atoms with Crippen molar-refractivity contribution in [3.8, 4) is 0 Å². The first kappa shape index (κ1) is 16.0. The third-order valence-corrected chi connectivity index (χ3v) is 4.76. The van der Waals surface area contributed by atoms with Gasteiger partial charge in [-0.2, -0.15) is 5.10 Å². The molecule has 1 aromatic carbocycles. The van der Waals surface area contributed by atoms with Crippen molar-refractivity contribution in [3.63, 3.8) is 0 Å². The average Bonchev–Trinajstić information content (AvgIpc) is 2.93. The van der Waals surface area contributed by atoms with E-state index >= 15 is 0 Å². The molecule has 0 radical (unpaired) electrons. The molecular formula is C17H23N5S. The Morgan fingerprint density at radius 2 is 2.43 bits per heavy atom. The van der Waals surface area contributed by atoms with Crippen molar-refractivity contribution in [2.45, 2.75) is 26.3 Å². The van der Waals surface area contributed by atoms with E-state index in [4.69, 9.17) is 5.73 Å². The second-order valence-corrected chi connectivity index (χ2v) is 7.03. The van der Waals surface area contributed by atoms with Gasteiger partial charge in [0.25, 0.3) is 0 Å². The Hall–Kier alpha value is -1.92. The maximum Gasteiger partial charge on any atom is 0.205 e. The van der Waals surface area contributed by atoms with E-state index in [1.807, 2.05) is 6.21 Å². The van der Waals surface area contributed by atoms with E-state index in [0.717, 1.165) is 18.0 Å². The van der Waals surface area contributed by atoms with E-state index < -0.39 is 0 Å².